The second-order valence-electron chi connectivity index (χ2n) is 3.66. The largest absolute Gasteiger partial charge is 0.383 e. The van der Waals surface area contributed by atoms with E-state index in [2.05, 4.69) is 20.1 Å². The minimum Gasteiger partial charge on any atom is -0.383 e. The van der Waals surface area contributed by atoms with Gasteiger partial charge in [0.15, 0.2) is 0 Å². The summed E-state index contributed by atoms with van der Waals surface area (Å²) in [7, 11) is 3.51. The highest BCUT2D eigenvalue weighted by atomic mass is 16.5. The van der Waals surface area contributed by atoms with E-state index >= 15 is 0 Å². The minimum atomic E-state index is 0.162. The third kappa shape index (κ3) is 2.72. The van der Waals surface area contributed by atoms with E-state index in [-0.39, 0.29) is 5.95 Å². The molecule has 2 N–H and O–H groups in total. The topological polar surface area (TPSA) is 95.0 Å². The summed E-state index contributed by atoms with van der Waals surface area (Å²) in [6.07, 6.45) is 3.39. The van der Waals surface area contributed by atoms with E-state index in [4.69, 9.17) is 10.5 Å². The highest BCUT2D eigenvalue weighted by molar-refractivity contribution is 5.36. The maximum atomic E-state index is 5.67. The first-order valence-corrected chi connectivity index (χ1v) is 5.42. The molecule has 2 rings (SSSR count). The predicted octanol–water partition coefficient (Wildman–Crippen LogP) is -0.278. The molecule has 0 aliphatic heterocycles. The number of rotatable bonds is 5. The Morgan fingerprint density at radius 1 is 1.39 bits per heavy atom. The normalized spacial score (nSPS) is 10.6. The van der Waals surface area contributed by atoms with Crippen LogP contribution in [0.4, 0.5) is 11.9 Å². The Morgan fingerprint density at radius 3 is 2.89 bits per heavy atom. The Balaban J connectivity index is 2.26. The monoisotopic (exact) mass is 249 g/mol. The molecule has 0 aliphatic carbocycles. The van der Waals surface area contributed by atoms with Crippen molar-refractivity contribution in [2.75, 3.05) is 37.9 Å². The number of methoxy groups -OCH3 is 1. The average Bonchev–Trinajstić information content (AvgIpc) is 2.89. The third-order valence-corrected chi connectivity index (χ3v) is 2.31. The second-order valence-corrected chi connectivity index (χ2v) is 3.66. The van der Waals surface area contributed by atoms with E-state index in [0.717, 1.165) is 0 Å². The molecule has 2 heterocycles. The van der Waals surface area contributed by atoms with E-state index in [1.807, 2.05) is 11.9 Å². The smallest absolute Gasteiger partial charge is 0.257 e. The lowest BCUT2D eigenvalue weighted by Crippen LogP contribution is -2.25. The zero-order valence-corrected chi connectivity index (χ0v) is 10.3. The number of likely N-dealkylation sites (N-methyl/N-ethyl adjacent to an activating group) is 1. The SMILES string of the molecule is COCCN(C)c1nc(N)nc(-n2cccn2)n1. The Labute approximate surface area is 104 Å². The lowest BCUT2D eigenvalue weighted by Gasteiger charge is -2.16. The van der Waals surface area contributed by atoms with Crippen LogP contribution in [0.5, 0.6) is 0 Å². The molecule has 0 unspecified atom stereocenters. The highest BCUT2D eigenvalue weighted by Gasteiger charge is 2.10. The van der Waals surface area contributed by atoms with Crippen LogP contribution in [0.15, 0.2) is 18.5 Å². The number of aromatic nitrogens is 5. The number of nitrogens with two attached hydrogens (primary N) is 1. The first-order valence-electron chi connectivity index (χ1n) is 5.42. The van der Waals surface area contributed by atoms with Crippen LogP contribution in [-0.4, -0.2) is 52.0 Å². The van der Waals surface area contributed by atoms with Crippen molar-refractivity contribution in [3.05, 3.63) is 18.5 Å². The van der Waals surface area contributed by atoms with Gasteiger partial charge in [0.25, 0.3) is 5.95 Å². The summed E-state index contributed by atoms with van der Waals surface area (Å²) in [5.41, 5.74) is 5.67. The lowest BCUT2D eigenvalue weighted by atomic mass is 10.6. The van der Waals surface area contributed by atoms with Gasteiger partial charge in [-0.05, 0) is 6.07 Å². The van der Waals surface area contributed by atoms with Crippen molar-refractivity contribution >= 4 is 11.9 Å². The zero-order chi connectivity index (χ0) is 13.0. The maximum Gasteiger partial charge on any atom is 0.257 e. The molecule has 0 aromatic carbocycles. The van der Waals surface area contributed by atoms with Crippen molar-refractivity contribution in [2.24, 2.45) is 0 Å². The number of hydrogen-bond donors (Lipinski definition) is 1. The van der Waals surface area contributed by atoms with Crippen LogP contribution in [0, 0.1) is 0 Å². The van der Waals surface area contributed by atoms with Gasteiger partial charge in [-0.1, -0.05) is 0 Å². The summed E-state index contributed by atoms with van der Waals surface area (Å²) < 4.78 is 6.54. The fourth-order valence-electron chi connectivity index (χ4n) is 1.36. The summed E-state index contributed by atoms with van der Waals surface area (Å²) in [5, 5.41) is 4.06. The predicted molar refractivity (Wildman–Crippen MR) is 66.5 cm³/mol. The molecule has 0 atom stereocenters. The van der Waals surface area contributed by atoms with Gasteiger partial charge in [0.1, 0.15) is 0 Å². The van der Waals surface area contributed by atoms with Gasteiger partial charge in [0, 0.05) is 33.1 Å². The lowest BCUT2D eigenvalue weighted by molar-refractivity contribution is 0.206. The Morgan fingerprint density at radius 2 is 2.22 bits per heavy atom. The maximum absolute atomic E-state index is 5.67. The molecule has 0 saturated carbocycles. The van der Waals surface area contributed by atoms with Crippen molar-refractivity contribution in [1.29, 1.82) is 0 Å². The van der Waals surface area contributed by atoms with E-state index in [9.17, 15) is 0 Å². The van der Waals surface area contributed by atoms with E-state index in [1.54, 1.807) is 25.6 Å². The van der Waals surface area contributed by atoms with Crippen LogP contribution in [0.2, 0.25) is 0 Å². The molecular weight excluding hydrogens is 234 g/mol. The van der Waals surface area contributed by atoms with Gasteiger partial charge < -0.3 is 15.4 Å². The van der Waals surface area contributed by atoms with Crippen molar-refractivity contribution in [3.63, 3.8) is 0 Å². The highest BCUT2D eigenvalue weighted by Crippen LogP contribution is 2.09. The number of hydrogen-bond acceptors (Lipinski definition) is 7. The van der Waals surface area contributed by atoms with Crippen LogP contribution in [0.25, 0.3) is 5.95 Å². The molecule has 18 heavy (non-hydrogen) atoms. The molecule has 96 valence electrons. The van der Waals surface area contributed by atoms with Gasteiger partial charge in [-0.2, -0.15) is 20.1 Å². The number of nitrogen functional groups attached to an aromatic ring is 1. The molecule has 0 fully saturated rings. The Bertz CT molecular complexity index is 499. The van der Waals surface area contributed by atoms with Gasteiger partial charge in [-0.25, -0.2) is 4.68 Å². The molecule has 8 nitrogen and oxygen atoms in total. The third-order valence-electron chi connectivity index (χ3n) is 2.31. The average molecular weight is 249 g/mol. The Kier molecular flexibility index (Phi) is 3.68. The molecule has 0 amide bonds. The van der Waals surface area contributed by atoms with Gasteiger partial charge in [0.05, 0.1) is 6.61 Å². The van der Waals surface area contributed by atoms with Gasteiger partial charge in [0.2, 0.25) is 11.9 Å². The number of anilines is 2. The molecular formula is C10H15N7O. The summed E-state index contributed by atoms with van der Waals surface area (Å²) in [4.78, 5) is 14.3. The van der Waals surface area contributed by atoms with Crippen molar-refractivity contribution < 1.29 is 4.74 Å². The quantitative estimate of drug-likeness (QED) is 0.778. The van der Waals surface area contributed by atoms with Crippen LogP contribution in [-0.2, 0) is 4.74 Å². The van der Waals surface area contributed by atoms with E-state index < -0.39 is 0 Å². The van der Waals surface area contributed by atoms with Crippen LogP contribution in [0.1, 0.15) is 0 Å². The fourth-order valence-corrected chi connectivity index (χ4v) is 1.36. The summed E-state index contributed by atoms with van der Waals surface area (Å²) in [6.45, 7) is 1.25. The van der Waals surface area contributed by atoms with Crippen molar-refractivity contribution in [1.82, 2.24) is 24.7 Å². The number of nitrogens with zero attached hydrogens (tertiary/aromatic N) is 6. The van der Waals surface area contributed by atoms with Gasteiger partial charge in [-0.15, -0.1) is 0 Å². The molecule has 0 spiro atoms. The first-order chi connectivity index (χ1) is 8.70. The van der Waals surface area contributed by atoms with Crippen molar-refractivity contribution in [2.45, 2.75) is 0 Å². The summed E-state index contributed by atoms with van der Waals surface area (Å²) in [6, 6.07) is 1.79. The number of ether oxygens (including phenoxy) is 1. The molecule has 0 aliphatic rings. The van der Waals surface area contributed by atoms with Crippen LogP contribution < -0.4 is 10.6 Å². The molecule has 8 heteroatoms. The Hall–Kier alpha value is -2.22. The van der Waals surface area contributed by atoms with E-state index in [0.29, 0.717) is 25.0 Å². The molecule has 2 aromatic heterocycles. The van der Waals surface area contributed by atoms with Crippen LogP contribution >= 0.6 is 0 Å². The standard InChI is InChI=1S/C10H15N7O/c1-16(6-7-18-2)9-13-8(11)14-10(15-9)17-5-3-4-12-17/h3-5H,6-7H2,1-2H3,(H2,11,13,14,15). The van der Waals surface area contributed by atoms with Gasteiger partial charge in [-0.3, -0.25) is 0 Å². The van der Waals surface area contributed by atoms with E-state index in [1.165, 1.54) is 4.68 Å². The molecule has 2 aromatic rings. The second kappa shape index (κ2) is 5.41. The van der Waals surface area contributed by atoms with Crippen molar-refractivity contribution in [3.8, 4) is 5.95 Å². The fraction of sp³-hybridized carbons (Fsp3) is 0.400. The molecule has 0 saturated heterocycles. The van der Waals surface area contributed by atoms with Gasteiger partial charge >= 0.3 is 0 Å². The summed E-state index contributed by atoms with van der Waals surface area (Å²) in [5.74, 6) is 1.05. The molecule has 0 bridgehead atoms. The molecule has 0 radical (unpaired) electrons. The summed E-state index contributed by atoms with van der Waals surface area (Å²) >= 11 is 0. The minimum absolute atomic E-state index is 0.162. The first kappa shape index (κ1) is 12.2. The zero-order valence-electron chi connectivity index (χ0n) is 10.3. The van der Waals surface area contributed by atoms with Crippen LogP contribution in [0.3, 0.4) is 0 Å².